The molecule has 2 atom stereocenters. The number of nitrogens with zero attached hydrogens (tertiary/aromatic N) is 2. The molecule has 1 heterocycles. The van der Waals surface area contributed by atoms with E-state index in [1.165, 1.54) is 0 Å². The Hall–Kier alpha value is -1.62. The van der Waals surface area contributed by atoms with Crippen LogP contribution in [0.15, 0.2) is 18.2 Å². The summed E-state index contributed by atoms with van der Waals surface area (Å²) < 4.78 is 0. The van der Waals surface area contributed by atoms with E-state index < -0.39 is 0 Å². The molecule has 0 amide bonds. The molecule has 5 nitrogen and oxygen atoms in total. The van der Waals surface area contributed by atoms with Crippen LogP contribution in [0.5, 0.6) is 0 Å². The maximum absolute atomic E-state index is 10.9. The smallest absolute Gasteiger partial charge is 0.271 e. The summed E-state index contributed by atoms with van der Waals surface area (Å²) in [7, 11) is 2.13. The van der Waals surface area contributed by atoms with Crippen molar-refractivity contribution in [3.05, 3.63) is 33.9 Å². The van der Waals surface area contributed by atoms with E-state index in [4.69, 9.17) is 0 Å². The third-order valence-corrected chi connectivity index (χ3v) is 3.73. The second-order valence-corrected chi connectivity index (χ2v) is 5.59. The van der Waals surface area contributed by atoms with Crippen molar-refractivity contribution in [1.82, 2.24) is 4.90 Å². The van der Waals surface area contributed by atoms with Crippen LogP contribution in [0, 0.1) is 23.0 Å². The van der Waals surface area contributed by atoms with Gasteiger partial charge in [-0.15, -0.1) is 0 Å². The van der Waals surface area contributed by atoms with Crippen LogP contribution in [0.2, 0.25) is 0 Å². The lowest BCUT2D eigenvalue weighted by atomic mass is 9.94. The number of hydrogen-bond acceptors (Lipinski definition) is 4. The van der Waals surface area contributed by atoms with Crippen LogP contribution in [-0.2, 0) is 0 Å². The quantitative estimate of drug-likeness (QED) is 0.673. The predicted molar refractivity (Wildman–Crippen MR) is 76.5 cm³/mol. The number of benzene rings is 1. The summed E-state index contributed by atoms with van der Waals surface area (Å²) in [6.07, 6.45) is 1.07. The highest BCUT2D eigenvalue weighted by atomic mass is 16.6. The molecule has 1 fully saturated rings. The molecule has 1 aliphatic rings. The van der Waals surface area contributed by atoms with Gasteiger partial charge in [0.15, 0.2) is 0 Å². The summed E-state index contributed by atoms with van der Waals surface area (Å²) >= 11 is 0. The molecule has 0 radical (unpaired) electrons. The van der Waals surface area contributed by atoms with Gasteiger partial charge in [-0.3, -0.25) is 10.1 Å². The van der Waals surface area contributed by atoms with Gasteiger partial charge in [0.2, 0.25) is 0 Å². The van der Waals surface area contributed by atoms with Gasteiger partial charge in [0.25, 0.3) is 5.69 Å². The van der Waals surface area contributed by atoms with E-state index in [0.717, 1.165) is 30.8 Å². The molecule has 1 N–H and O–H groups in total. The zero-order valence-corrected chi connectivity index (χ0v) is 11.7. The van der Waals surface area contributed by atoms with Gasteiger partial charge in [0, 0.05) is 30.4 Å². The highest BCUT2D eigenvalue weighted by Gasteiger charge is 2.24. The number of aryl methyl sites for hydroxylation is 1. The maximum Gasteiger partial charge on any atom is 0.271 e. The zero-order valence-electron chi connectivity index (χ0n) is 11.7. The van der Waals surface area contributed by atoms with Gasteiger partial charge in [-0.1, -0.05) is 6.92 Å². The van der Waals surface area contributed by atoms with E-state index in [9.17, 15) is 10.1 Å². The summed E-state index contributed by atoms with van der Waals surface area (Å²) in [6, 6.07) is 5.58. The topological polar surface area (TPSA) is 58.4 Å². The Bertz CT molecular complexity index is 476. The molecular formula is C14H21N3O2. The zero-order chi connectivity index (χ0) is 14.0. The molecule has 0 aliphatic carbocycles. The first-order valence-corrected chi connectivity index (χ1v) is 6.67. The molecule has 0 saturated carbocycles. The van der Waals surface area contributed by atoms with Crippen molar-refractivity contribution in [1.29, 1.82) is 0 Å². The lowest BCUT2D eigenvalue weighted by Crippen LogP contribution is -2.43. The van der Waals surface area contributed by atoms with E-state index in [2.05, 4.69) is 24.2 Å². The van der Waals surface area contributed by atoms with Crippen LogP contribution in [0.4, 0.5) is 11.4 Å². The second-order valence-electron chi connectivity index (χ2n) is 5.59. The van der Waals surface area contributed by atoms with Crippen LogP contribution in [0.3, 0.4) is 0 Å². The average molecular weight is 263 g/mol. The molecule has 1 aromatic carbocycles. The molecule has 2 rings (SSSR count). The molecule has 0 aromatic heterocycles. The highest BCUT2D eigenvalue weighted by molar-refractivity contribution is 5.54. The summed E-state index contributed by atoms with van der Waals surface area (Å²) in [5.74, 6) is 0.540. The minimum Gasteiger partial charge on any atom is -0.382 e. The third-order valence-electron chi connectivity index (χ3n) is 3.73. The van der Waals surface area contributed by atoms with Crippen molar-refractivity contribution >= 4 is 11.4 Å². The van der Waals surface area contributed by atoms with Gasteiger partial charge in [0.05, 0.1) is 4.92 Å². The summed E-state index contributed by atoms with van der Waals surface area (Å²) in [5, 5.41) is 14.3. The van der Waals surface area contributed by atoms with Gasteiger partial charge in [-0.2, -0.15) is 0 Å². The highest BCUT2D eigenvalue weighted by Crippen LogP contribution is 2.24. The lowest BCUT2D eigenvalue weighted by Gasteiger charge is -2.35. The van der Waals surface area contributed by atoms with Crippen LogP contribution in [0.1, 0.15) is 18.9 Å². The van der Waals surface area contributed by atoms with Crippen LogP contribution in [-0.4, -0.2) is 36.0 Å². The van der Waals surface area contributed by atoms with Gasteiger partial charge in [-0.05, 0) is 44.5 Å². The largest absolute Gasteiger partial charge is 0.382 e. The summed E-state index contributed by atoms with van der Waals surface area (Å²) in [6.45, 7) is 6.23. The van der Waals surface area contributed by atoms with E-state index in [1.54, 1.807) is 12.1 Å². The molecule has 104 valence electrons. The van der Waals surface area contributed by atoms with E-state index in [0.29, 0.717) is 12.0 Å². The van der Waals surface area contributed by atoms with Crippen LogP contribution < -0.4 is 5.32 Å². The fourth-order valence-electron chi connectivity index (χ4n) is 2.73. The van der Waals surface area contributed by atoms with Gasteiger partial charge >= 0.3 is 0 Å². The minimum absolute atomic E-state index is 0.156. The summed E-state index contributed by atoms with van der Waals surface area (Å²) in [4.78, 5) is 12.9. The Morgan fingerprint density at radius 3 is 2.79 bits per heavy atom. The Labute approximate surface area is 113 Å². The second kappa shape index (κ2) is 5.57. The van der Waals surface area contributed by atoms with Crippen molar-refractivity contribution in [2.24, 2.45) is 5.92 Å². The van der Waals surface area contributed by atoms with Crippen molar-refractivity contribution in [2.45, 2.75) is 26.3 Å². The SMILES string of the molecule is Cc1cc(NC2CCN(C)CC2C)cc([N+](=O)[O-])c1. The number of non-ortho nitro benzene ring substituents is 1. The molecule has 0 spiro atoms. The van der Waals surface area contributed by atoms with Crippen molar-refractivity contribution < 1.29 is 4.92 Å². The van der Waals surface area contributed by atoms with Crippen molar-refractivity contribution in [3.63, 3.8) is 0 Å². The average Bonchev–Trinajstić information content (AvgIpc) is 2.32. The monoisotopic (exact) mass is 263 g/mol. The Kier molecular flexibility index (Phi) is 4.04. The predicted octanol–water partition coefficient (Wildman–Crippen LogP) is 2.66. The first-order chi connectivity index (χ1) is 8.95. The van der Waals surface area contributed by atoms with Gasteiger partial charge < -0.3 is 10.2 Å². The number of piperidine rings is 1. The number of anilines is 1. The van der Waals surface area contributed by atoms with Crippen LogP contribution in [0.25, 0.3) is 0 Å². The molecule has 1 aliphatic heterocycles. The van der Waals surface area contributed by atoms with Crippen molar-refractivity contribution in [3.8, 4) is 0 Å². The standard InChI is InChI=1S/C14H21N3O2/c1-10-6-12(8-13(7-10)17(18)19)15-14-4-5-16(3)9-11(14)2/h6-8,11,14-15H,4-5,9H2,1-3H3. The number of nitro benzene ring substituents is 1. The van der Waals surface area contributed by atoms with Crippen LogP contribution >= 0.6 is 0 Å². The van der Waals surface area contributed by atoms with E-state index in [-0.39, 0.29) is 10.6 Å². The minimum atomic E-state index is -0.337. The fraction of sp³-hybridized carbons (Fsp3) is 0.571. The lowest BCUT2D eigenvalue weighted by molar-refractivity contribution is -0.384. The molecule has 5 heteroatoms. The van der Waals surface area contributed by atoms with Gasteiger partial charge in [0.1, 0.15) is 0 Å². The first-order valence-electron chi connectivity index (χ1n) is 6.67. The molecule has 1 saturated heterocycles. The fourth-order valence-corrected chi connectivity index (χ4v) is 2.73. The maximum atomic E-state index is 10.9. The number of nitro groups is 1. The van der Waals surface area contributed by atoms with Gasteiger partial charge in [-0.25, -0.2) is 0 Å². The number of rotatable bonds is 3. The molecule has 1 aromatic rings. The molecular weight excluding hydrogens is 242 g/mol. The normalized spacial score (nSPS) is 24.2. The Balaban J connectivity index is 2.12. The van der Waals surface area contributed by atoms with E-state index in [1.807, 2.05) is 13.0 Å². The number of nitrogens with one attached hydrogen (secondary N) is 1. The third kappa shape index (κ3) is 3.44. The molecule has 0 bridgehead atoms. The first kappa shape index (κ1) is 13.8. The van der Waals surface area contributed by atoms with Crippen molar-refractivity contribution in [2.75, 3.05) is 25.5 Å². The summed E-state index contributed by atoms with van der Waals surface area (Å²) in [5.41, 5.74) is 1.92. The number of likely N-dealkylation sites (tertiary alicyclic amines) is 1. The molecule has 19 heavy (non-hydrogen) atoms. The molecule has 2 unspecified atom stereocenters. The Morgan fingerprint density at radius 2 is 2.16 bits per heavy atom. The Morgan fingerprint density at radius 1 is 1.42 bits per heavy atom. The number of hydrogen-bond donors (Lipinski definition) is 1. The van der Waals surface area contributed by atoms with E-state index >= 15 is 0 Å².